The average Bonchev–Trinajstić information content (AvgIpc) is 1.65. The van der Waals surface area contributed by atoms with Gasteiger partial charge in [0.25, 0.3) is 0 Å². The molecule has 15 rings (SSSR count). The molecule has 10 unspecified atom stereocenters. The number of nitrogens with one attached hydrogen (secondary N) is 2. The smallest absolute Gasteiger partial charge is 0.331 e. The van der Waals surface area contributed by atoms with E-state index < -0.39 is 18.0 Å². The number of aliphatic carboxylic acids is 2. The largest absolute Gasteiger partial charge is 0.481 e. The summed E-state index contributed by atoms with van der Waals surface area (Å²) in [5.41, 5.74) is 11.5. The first-order valence-electron chi connectivity index (χ1n) is 46.4. The summed E-state index contributed by atoms with van der Waals surface area (Å²) in [4.78, 5) is 108. The van der Waals surface area contributed by atoms with Gasteiger partial charge in [0.2, 0.25) is 17.7 Å². The van der Waals surface area contributed by atoms with E-state index in [-0.39, 0.29) is 74.8 Å². The number of hydrogen-bond acceptors (Lipinski definition) is 11. The fraction of sp³-hybridized carbons (Fsp3) is 0.600. The zero-order valence-corrected chi connectivity index (χ0v) is 77.8. The zero-order valence-electron chi connectivity index (χ0n) is 77.1. The molecule has 0 radical (unpaired) electrons. The average molecular weight is 1700 g/mol. The second-order valence-corrected chi connectivity index (χ2v) is 42.3. The molecule has 3 amide bonds. The molecule has 666 valence electrons. The summed E-state index contributed by atoms with van der Waals surface area (Å²) in [6.45, 7) is 29.7. The fourth-order valence-corrected chi connectivity index (χ4v) is 25.5. The maximum atomic E-state index is 13.9. The van der Waals surface area contributed by atoms with E-state index in [0.717, 1.165) is 143 Å². The Morgan fingerprint density at radius 1 is 0.691 bits per heavy atom. The molecule has 123 heavy (non-hydrogen) atoms. The van der Waals surface area contributed by atoms with Crippen molar-refractivity contribution in [1.29, 1.82) is 0 Å². The minimum Gasteiger partial charge on any atom is -0.481 e. The van der Waals surface area contributed by atoms with Gasteiger partial charge in [0, 0.05) is 120 Å². The van der Waals surface area contributed by atoms with E-state index in [0.29, 0.717) is 133 Å². The molecule has 4 aromatic carbocycles. The summed E-state index contributed by atoms with van der Waals surface area (Å²) in [5.74, 6) is 4.79. The highest BCUT2D eigenvalue weighted by atomic mass is 35.5. The Balaban J connectivity index is 0.000000156. The third kappa shape index (κ3) is 20.6. The SMILES string of the molecule is C=C(/C=C\CC(Nc1cccc(C(=O)c2cn(CCCC(=O)O)c3ccccc23)c1)c1ccc(CC(C)C)cc1)CC(C)C.CC(C)(C)NC(=O)C1CCC2C3CC=C4C=C(C(=O)O)CC[C@]4(C)C3CC[C@]12C.CN(C)CC(=O)C(C(=O)[C@H]1CCC2C3CCC4N(C)C(=O)CC[C@]4(C)C3CC[C@@]21C)N(C)C.CN1C(=O)CC[C@@H]2c3ccc(Cl)cc3CC[C@H]21. The van der Waals surface area contributed by atoms with Crippen molar-refractivity contribution in [3.8, 4) is 0 Å². The van der Waals surface area contributed by atoms with Crippen molar-refractivity contribution < 1.29 is 48.6 Å². The van der Waals surface area contributed by atoms with Gasteiger partial charge in [-0.1, -0.05) is 158 Å². The van der Waals surface area contributed by atoms with Crippen LogP contribution in [0.5, 0.6) is 0 Å². The van der Waals surface area contributed by atoms with Crippen molar-refractivity contribution in [2.75, 3.05) is 54.1 Å². The normalized spacial score (nSPS) is 29.1. The summed E-state index contributed by atoms with van der Waals surface area (Å²) < 4.78 is 1.99. The van der Waals surface area contributed by atoms with Crippen LogP contribution in [0, 0.1) is 80.8 Å². The number of carbonyl (C=O) groups excluding carboxylic acids is 6. The monoisotopic (exact) mass is 1700 g/mol. The predicted octanol–water partition coefficient (Wildman–Crippen LogP) is 20.8. The molecule has 1 aromatic heterocycles. The third-order valence-electron chi connectivity index (χ3n) is 31.3. The molecular formula is C105H144ClN7O10. The van der Waals surface area contributed by atoms with Gasteiger partial charge in [-0.05, 0) is 317 Å². The number of aryl methyl sites for hydroxylation is 2. The van der Waals surface area contributed by atoms with Gasteiger partial charge in [-0.15, -0.1) is 0 Å². The van der Waals surface area contributed by atoms with Crippen molar-refractivity contribution in [2.24, 2.45) is 80.8 Å². The Morgan fingerprint density at radius 3 is 2.04 bits per heavy atom. The first-order chi connectivity index (χ1) is 58.1. The van der Waals surface area contributed by atoms with E-state index >= 15 is 0 Å². The number of fused-ring (bicyclic) bond motifs is 14. The third-order valence-corrected chi connectivity index (χ3v) is 31.5. The maximum Gasteiger partial charge on any atom is 0.331 e. The summed E-state index contributed by atoms with van der Waals surface area (Å²) in [7, 11) is 11.5. The Labute approximate surface area is 739 Å². The van der Waals surface area contributed by atoms with E-state index in [9.17, 15) is 43.5 Å². The quantitative estimate of drug-likeness (QED) is 0.0257. The van der Waals surface area contributed by atoms with Crippen LogP contribution in [0.4, 0.5) is 5.69 Å². The van der Waals surface area contributed by atoms with Crippen LogP contribution in [-0.4, -0.2) is 154 Å². The highest BCUT2D eigenvalue weighted by molar-refractivity contribution is 6.30. The first kappa shape index (κ1) is 93.9. The van der Waals surface area contributed by atoms with Crippen LogP contribution in [-0.2, 0) is 52.9 Å². The number of rotatable bonds is 24. The minimum absolute atomic E-state index is 0.00943. The molecule has 5 aromatic rings. The first-order valence-corrected chi connectivity index (χ1v) is 46.8. The predicted molar refractivity (Wildman–Crippen MR) is 495 cm³/mol. The Morgan fingerprint density at radius 2 is 1.37 bits per heavy atom. The van der Waals surface area contributed by atoms with Gasteiger partial charge in [-0.25, -0.2) is 4.79 Å². The van der Waals surface area contributed by atoms with Crippen LogP contribution in [0.1, 0.15) is 268 Å². The Kier molecular flexibility index (Phi) is 29.7. The molecule has 0 spiro atoms. The van der Waals surface area contributed by atoms with E-state index in [1.165, 1.54) is 34.2 Å². The topological polar surface area (TPSA) is 219 Å². The lowest BCUT2D eigenvalue weighted by atomic mass is 9.46. The molecule has 2 saturated heterocycles. The molecule has 4 N–H and O–H groups in total. The molecule has 10 aliphatic rings. The number of piperidine rings is 2. The number of carboxylic acid groups (broad SMARTS) is 2. The number of likely N-dealkylation sites (N-methyl/N-ethyl adjacent to an activating group) is 3. The van der Waals surface area contributed by atoms with E-state index in [2.05, 4.69) is 148 Å². The number of hydrogen-bond donors (Lipinski definition) is 4. The highest BCUT2D eigenvalue weighted by Gasteiger charge is 2.64. The van der Waals surface area contributed by atoms with E-state index in [4.69, 9.17) is 16.7 Å². The highest BCUT2D eigenvalue weighted by Crippen LogP contribution is 2.68. The van der Waals surface area contributed by atoms with Crippen LogP contribution in [0.15, 0.2) is 145 Å². The van der Waals surface area contributed by atoms with Crippen molar-refractivity contribution in [3.05, 3.63) is 183 Å². The number of Topliss-reactive ketones (excluding diaryl/α,β-unsaturated/α-hetero) is 2. The number of carboxylic acids is 2. The van der Waals surface area contributed by atoms with Crippen molar-refractivity contribution in [1.82, 2.24) is 29.5 Å². The number of likely N-dealkylation sites (tertiary alicyclic amines) is 2. The zero-order chi connectivity index (χ0) is 89.1. The summed E-state index contributed by atoms with van der Waals surface area (Å²) in [6.07, 6.45) is 32.9. The molecular weight excluding hydrogens is 1550 g/mol. The number of amides is 3. The lowest BCUT2D eigenvalue weighted by molar-refractivity contribution is -0.160. The number of allylic oxidation sites excluding steroid dienone is 5. The van der Waals surface area contributed by atoms with E-state index in [1.54, 1.807) is 0 Å². The summed E-state index contributed by atoms with van der Waals surface area (Å²) in [5, 5.41) is 27.2. The Hall–Kier alpha value is -8.25. The number of ketones is 3. The molecule has 0 bridgehead atoms. The number of benzene rings is 4. The number of halogens is 1. The van der Waals surface area contributed by atoms with Gasteiger partial charge in [0.05, 0.1) is 12.6 Å². The maximum absolute atomic E-state index is 13.9. The summed E-state index contributed by atoms with van der Waals surface area (Å²) >= 11 is 6.04. The van der Waals surface area contributed by atoms with Gasteiger partial charge in [0.1, 0.15) is 6.04 Å². The number of nitrogens with zero attached hydrogens (tertiary/aromatic N) is 5. The second-order valence-electron chi connectivity index (χ2n) is 41.9. The standard InChI is InChI=1S/C39H46N2O3.C27H45N3O3.C25H37NO3.C14H16ClNO/c1-27(2)23-29(5)11-8-15-36(31-20-18-30(19-21-31)24-28(3)4)40-33-13-9-12-32(25-33)39(44)35-26-41(22-10-17-38(42)43)37-16-7-6-14-34(35)37;1-26-14-12-19-17(8-11-22-27(19,2)15-13-23(32)30(22)7)18(26)9-10-20(26)25(33)24(29(5)6)21(31)16-28(3)4;1-23(2,3)26-21(27)20-9-8-18-17-7-6-16-14-15(22(28)29)10-12-24(16,4)19(17)11-13-25(18,20)5;1-16-13-6-2-9-8-10(15)3-4-11(9)12(13)5-7-14(16)17/h6-9,11-14,16,18-21,25-28,36,40H,5,10,15,17,22-24H2,1-4H3,(H,42,43);17-20,22,24H,8-16H2,1-7H3;6,14,17-20H,7-13H2,1-5H3,(H,26,27)(H,28,29);3-4,8,12-13H,2,5-7H2,1H3/b11-8-;;;/t;17?,18?,19?,20-,22?,24?,26+,27-;17?,18?,19?,20?,24-,25-;12-,13-/m.101/s1. The van der Waals surface area contributed by atoms with Gasteiger partial charge in [-0.3, -0.25) is 38.5 Å². The lowest BCUT2D eigenvalue weighted by Gasteiger charge is -2.61. The van der Waals surface area contributed by atoms with Crippen LogP contribution in [0.3, 0.4) is 0 Å². The molecule has 18 heteroatoms. The number of carbonyl (C=O) groups is 8. The number of para-hydroxylation sites is 1. The molecule has 2 aliphatic heterocycles. The van der Waals surface area contributed by atoms with Gasteiger partial charge in [-0.2, -0.15) is 0 Å². The Bertz CT molecular complexity index is 4810. The number of aromatic nitrogens is 1. The van der Waals surface area contributed by atoms with Crippen LogP contribution in [0.25, 0.3) is 10.9 Å². The van der Waals surface area contributed by atoms with Gasteiger partial charge < -0.3 is 40.1 Å². The minimum atomic E-state index is -0.817. The lowest BCUT2D eigenvalue weighted by Crippen LogP contribution is -2.61. The summed E-state index contributed by atoms with van der Waals surface area (Å²) in [6, 6.07) is 30.7. The van der Waals surface area contributed by atoms with Crippen LogP contribution >= 0.6 is 11.6 Å². The van der Waals surface area contributed by atoms with Gasteiger partial charge in [0.15, 0.2) is 17.3 Å². The van der Waals surface area contributed by atoms with Crippen molar-refractivity contribution in [2.45, 2.75) is 272 Å². The molecule has 8 aliphatic carbocycles. The van der Waals surface area contributed by atoms with E-state index in [1.807, 2.05) is 133 Å². The van der Waals surface area contributed by atoms with Crippen molar-refractivity contribution in [3.63, 3.8) is 0 Å². The van der Waals surface area contributed by atoms with Crippen molar-refractivity contribution >= 4 is 75.2 Å². The molecule has 17 nitrogen and oxygen atoms in total. The molecule has 7 fully saturated rings. The molecule has 17 atom stereocenters. The molecule has 3 heterocycles. The second kappa shape index (κ2) is 38.9. The van der Waals surface area contributed by atoms with Crippen LogP contribution < -0.4 is 10.6 Å². The van der Waals surface area contributed by atoms with Gasteiger partial charge >= 0.3 is 11.9 Å². The van der Waals surface area contributed by atoms with Crippen LogP contribution in [0.2, 0.25) is 5.02 Å². The fourth-order valence-electron chi connectivity index (χ4n) is 25.3. The number of anilines is 1. The molecule has 5 saturated carbocycles.